The maximum atomic E-state index is 11.7. The van der Waals surface area contributed by atoms with Crippen LogP contribution in [-0.4, -0.2) is 20.9 Å². The summed E-state index contributed by atoms with van der Waals surface area (Å²) in [5.41, 5.74) is 2.33. The first kappa shape index (κ1) is 14.9. The van der Waals surface area contributed by atoms with Crippen molar-refractivity contribution in [2.75, 3.05) is 5.32 Å². The molecule has 2 heterocycles. The number of nitrogens with zero attached hydrogens (tertiary/aromatic N) is 2. The van der Waals surface area contributed by atoms with Gasteiger partial charge in [0, 0.05) is 11.8 Å². The third-order valence-electron chi connectivity index (χ3n) is 3.59. The number of aromatic nitrogens is 2. The van der Waals surface area contributed by atoms with E-state index in [1.807, 2.05) is 13.0 Å². The van der Waals surface area contributed by atoms with E-state index in [-0.39, 0.29) is 5.57 Å². The number of nitrogens with one attached hydrogen (secondary N) is 1. The van der Waals surface area contributed by atoms with Crippen LogP contribution in [0, 0.1) is 6.92 Å². The molecule has 1 unspecified atom stereocenters. The molecule has 0 amide bonds. The molecular weight excluding hydrogens is 325 g/mol. The van der Waals surface area contributed by atoms with Crippen molar-refractivity contribution in [3.8, 4) is 0 Å². The smallest absolute Gasteiger partial charge is 0.335 e. The van der Waals surface area contributed by atoms with Crippen LogP contribution < -0.4 is 5.32 Å². The van der Waals surface area contributed by atoms with E-state index in [0.29, 0.717) is 15.7 Å². The molecule has 1 aliphatic heterocycles. The predicted octanol–water partition coefficient (Wildman–Crippen LogP) is 3.87. The highest BCUT2D eigenvalue weighted by Gasteiger charge is 2.33. The zero-order valence-corrected chi connectivity index (χ0v) is 13.4. The average Bonchev–Trinajstić information content (AvgIpc) is 2.79. The molecule has 1 aromatic carbocycles. The van der Waals surface area contributed by atoms with Gasteiger partial charge >= 0.3 is 5.97 Å². The Labute approximate surface area is 137 Å². The van der Waals surface area contributed by atoms with Crippen molar-refractivity contribution in [3.05, 3.63) is 56.8 Å². The van der Waals surface area contributed by atoms with Gasteiger partial charge in [0.2, 0.25) is 0 Å². The number of aryl methyl sites for hydroxylation is 1. The van der Waals surface area contributed by atoms with E-state index in [4.69, 9.17) is 23.2 Å². The van der Waals surface area contributed by atoms with Crippen LogP contribution in [-0.2, 0) is 4.79 Å². The number of aliphatic carboxylic acids is 1. The lowest BCUT2D eigenvalue weighted by molar-refractivity contribution is -0.133. The van der Waals surface area contributed by atoms with Crippen LogP contribution in [0.3, 0.4) is 0 Å². The van der Waals surface area contributed by atoms with Crippen LogP contribution in [0.1, 0.15) is 24.2 Å². The fraction of sp³-hybridized carbons (Fsp3) is 0.200. The molecule has 1 aromatic heterocycles. The fourth-order valence-corrected chi connectivity index (χ4v) is 2.97. The Bertz CT molecular complexity index is 811. The van der Waals surface area contributed by atoms with E-state index in [2.05, 4.69) is 10.4 Å². The molecule has 2 aromatic rings. The number of carboxylic acid groups (broad SMARTS) is 1. The summed E-state index contributed by atoms with van der Waals surface area (Å²) in [4.78, 5) is 11.7. The molecule has 7 heteroatoms. The van der Waals surface area contributed by atoms with Gasteiger partial charge in [0.15, 0.2) is 0 Å². The third-order valence-corrected chi connectivity index (χ3v) is 4.32. The Kier molecular flexibility index (Phi) is 3.62. The highest BCUT2D eigenvalue weighted by atomic mass is 35.5. The molecule has 1 aliphatic rings. The van der Waals surface area contributed by atoms with Crippen LogP contribution in [0.25, 0.3) is 0 Å². The van der Waals surface area contributed by atoms with Gasteiger partial charge in [-0.3, -0.25) is 0 Å². The summed E-state index contributed by atoms with van der Waals surface area (Å²) in [6.45, 7) is 3.59. The molecule has 0 saturated carbocycles. The van der Waals surface area contributed by atoms with Crippen LogP contribution in [0.4, 0.5) is 5.82 Å². The zero-order valence-electron chi connectivity index (χ0n) is 11.9. The second-order valence-electron chi connectivity index (χ2n) is 5.16. The van der Waals surface area contributed by atoms with Gasteiger partial charge in [-0.25, -0.2) is 9.48 Å². The van der Waals surface area contributed by atoms with Crippen molar-refractivity contribution < 1.29 is 9.90 Å². The largest absolute Gasteiger partial charge is 0.478 e. The molecule has 0 saturated heterocycles. The second kappa shape index (κ2) is 5.34. The Hall–Kier alpha value is -1.98. The summed E-state index contributed by atoms with van der Waals surface area (Å²) in [6.07, 6.45) is 0. The van der Waals surface area contributed by atoms with E-state index in [1.54, 1.807) is 29.8 Å². The summed E-state index contributed by atoms with van der Waals surface area (Å²) in [5.74, 6) is -0.254. The van der Waals surface area contributed by atoms with Gasteiger partial charge in [0.05, 0.1) is 21.3 Å². The summed E-state index contributed by atoms with van der Waals surface area (Å²) in [6, 6.07) is 6.41. The molecule has 0 aliphatic carbocycles. The van der Waals surface area contributed by atoms with E-state index in [9.17, 15) is 9.90 Å². The molecule has 114 valence electrons. The van der Waals surface area contributed by atoms with Gasteiger partial charge in [-0.05, 0) is 31.5 Å². The number of allylic oxidation sites excluding steroid dienone is 1. The van der Waals surface area contributed by atoms with Gasteiger partial charge in [0.25, 0.3) is 0 Å². The monoisotopic (exact) mass is 337 g/mol. The highest BCUT2D eigenvalue weighted by molar-refractivity contribution is 6.42. The number of hydrogen-bond acceptors (Lipinski definition) is 3. The van der Waals surface area contributed by atoms with Crippen molar-refractivity contribution in [2.45, 2.75) is 19.9 Å². The summed E-state index contributed by atoms with van der Waals surface area (Å²) in [7, 11) is 0. The highest BCUT2D eigenvalue weighted by Crippen LogP contribution is 2.37. The van der Waals surface area contributed by atoms with E-state index in [1.165, 1.54) is 0 Å². The minimum Gasteiger partial charge on any atom is -0.478 e. The summed E-state index contributed by atoms with van der Waals surface area (Å²) < 4.78 is 1.66. The predicted molar refractivity (Wildman–Crippen MR) is 85.5 cm³/mol. The van der Waals surface area contributed by atoms with E-state index < -0.39 is 12.0 Å². The number of carboxylic acids is 1. The number of carbonyl (C=O) groups is 1. The lowest BCUT2D eigenvalue weighted by Crippen LogP contribution is -2.28. The molecule has 22 heavy (non-hydrogen) atoms. The van der Waals surface area contributed by atoms with Crippen molar-refractivity contribution >= 4 is 35.0 Å². The minimum absolute atomic E-state index is 0.231. The van der Waals surface area contributed by atoms with Crippen molar-refractivity contribution in [3.63, 3.8) is 0 Å². The van der Waals surface area contributed by atoms with Crippen LogP contribution in [0.5, 0.6) is 0 Å². The number of benzene rings is 1. The standard InChI is InChI=1S/C15H13Cl2N3O2/c1-7-5-12-18-8(2)13(15(21)22)14(20(12)19-7)9-3-4-10(16)11(17)6-9/h3-6,14,18H,1-2H3,(H,21,22). The van der Waals surface area contributed by atoms with Crippen molar-refractivity contribution in [1.29, 1.82) is 0 Å². The lowest BCUT2D eigenvalue weighted by atomic mass is 9.96. The zero-order chi connectivity index (χ0) is 16.0. The van der Waals surface area contributed by atoms with Gasteiger partial charge in [0.1, 0.15) is 11.9 Å². The molecule has 2 N–H and O–H groups in total. The van der Waals surface area contributed by atoms with Gasteiger partial charge in [-0.1, -0.05) is 29.3 Å². The number of halogens is 2. The number of anilines is 1. The first-order valence-corrected chi connectivity index (χ1v) is 7.36. The Morgan fingerprint density at radius 2 is 2.00 bits per heavy atom. The molecule has 3 rings (SSSR count). The molecule has 5 nitrogen and oxygen atoms in total. The van der Waals surface area contributed by atoms with Crippen LogP contribution in [0.2, 0.25) is 10.0 Å². The quantitative estimate of drug-likeness (QED) is 0.872. The van der Waals surface area contributed by atoms with Gasteiger partial charge in [-0.2, -0.15) is 5.10 Å². The number of fused-ring (bicyclic) bond motifs is 1. The topological polar surface area (TPSA) is 67.1 Å². The van der Waals surface area contributed by atoms with Crippen LogP contribution >= 0.6 is 23.2 Å². The van der Waals surface area contributed by atoms with E-state index >= 15 is 0 Å². The lowest BCUT2D eigenvalue weighted by Gasteiger charge is -2.28. The summed E-state index contributed by atoms with van der Waals surface area (Å²) >= 11 is 12.0. The van der Waals surface area contributed by atoms with Crippen molar-refractivity contribution in [2.24, 2.45) is 0 Å². The molecule has 1 atom stereocenters. The Balaban J connectivity index is 2.23. The average molecular weight is 338 g/mol. The maximum Gasteiger partial charge on any atom is 0.335 e. The SMILES string of the molecule is CC1=C(C(=O)O)C(c2ccc(Cl)c(Cl)c2)n2nc(C)cc2N1. The normalized spacial score (nSPS) is 17.2. The molecule has 0 spiro atoms. The molecule has 0 bridgehead atoms. The van der Waals surface area contributed by atoms with Crippen LogP contribution in [0.15, 0.2) is 35.5 Å². The first-order chi connectivity index (χ1) is 10.4. The summed E-state index contributed by atoms with van der Waals surface area (Å²) in [5, 5.41) is 17.9. The number of hydrogen-bond donors (Lipinski definition) is 2. The first-order valence-electron chi connectivity index (χ1n) is 6.60. The van der Waals surface area contributed by atoms with E-state index in [0.717, 1.165) is 17.1 Å². The van der Waals surface area contributed by atoms with Gasteiger partial charge < -0.3 is 10.4 Å². The fourth-order valence-electron chi connectivity index (χ4n) is 2.66. The third kappa shape index (κ3) is 2.36. The molecular formula is C15H13Cl2N3O2. The minimum atomic E-state index is -1.00. The second-order valence-corrected chi connectivity index (χ2v) is 5.97. The maximum absolute atomic E-state index is 11.7. The Morgan fingerprint density at radius 3 is 2.64 bits per heavy atom. The number of rotatable bonds is 2. The van der Waals surface area contributed by atoms with Gasteiger partial charge in [-0.15, -0.1) is 0 Å². The van der Waals surface area contributed by atoms with Crippen molar-refractivity contribution in [1.82, 2.24) is 9.78 Å². The molecule has 0 fully saturated rings. The Morgan fingerprint density at radius 1 is 1.27 bits per heavy atom. The molecule has 0 radical (unpaired) electrons.